The van der Waals surface area contributed by atoms with Crippen LogP contribution < -0.4 is 10.5 Å². The van der Waals surface area contributed by atoms with E-state index < -0.39 is 22.1 Å². The highest BCUT2D eigenvalue weighted by Crippen LogP contribution is 2.23. The van der Waals surface area contributed by atoms with Gasteiger partial charge in [0.15, 0.2) is 0 Å². The van der Waals surface area contributed by atoms with Crippen LogP contribution >= 0.6 is 0 Å². The van der Waals surface area contributed by atoms with Crippen LogP contribution in [0.1, 0.15) is 68.2 Å². The Kier molecular flexibility index (Phi) is 13.6. The molecule has 2 aromatic carbocycles. The van der Waals surface area contributed by atoms with E-state index >= 15 is 0 Å². The summed E-state index contributed by atoms with van der Waals surface area (Å²) in [5, 5.41) is 28.7. The van der Waals surface area contributed by atoms with Crippen LogP contribution in [-0.2, 0) is 37.3 Å². The molecule has 1 atom stereocenters. The molecular weight excluding hydrogens is 496 g/mol. The number of benzene rings is 2. The van der Waals surface area contributed by atoms with Crippen molar-refractivity contribution in [2.24, 2.45) is 5.14 Å². The lowest BCUT2D eigenvalue weighted by atomic mass is 10.1. The largest absolute Gasteiger partial charge is 0.508 e. The number of carbonyl (C=O) groups is 1. The topological polar surface area (TPSA) is 148 Å². The molecule has 10 heteroatoms. The van der Waals surface area contributed by atoms with E-state index in [2.05, 4.69) is 5.32 Å². The average molecular weight is 537 g/mol. The minimum Gasteiger partial charge on any atom is -0.508 e. The molecule has 5 N–H and O–H groups in total. The lowest BCUT2D eigenvalue weighted by Gasteiger charge is -2.14. The first-order chi connectivity index (χ1) is 17.7. The first kappa shape index (κ1) is 30.7. The third-order valence-electron chi connectivity index (χ3n) is 5.88. The minimum absolute atomic E-state index is 0.0299. The Balaban J connectivity index is 1.47. The summed E-state index contributed by atoms with van der Waals surface area (Å²) in [6.07, 6.45) is 6.04. The average Bonchev–Trinajstić information content (AvgIpc) is 2.85. The molecular formula is C27H40N2O7S. The maximum atomic E-state index is 11.4. The molecule has 0 aromatic heterocycles. The second-order valence-electron chi connectivity index (χ2n) is 9.06. The normalized spacial score (nSPS) is 12.4. The fourth-order valence-corrected chi connectivity index (χ4v) is 4.37. The number of aliphatic hydroxyl groups is 1. The quantitative estimate of drug-likeness (QED) is 0.167. The van der Waals surface area contributed by atoms with Crippen LogP contribution in [0.4, 0.5) is 0 Å². The number of esters is 1. The van der Waals surface area contributed by atoms with E-state index in [1.54, 1.807) is 24.3 Å². The summed E-state index contributed by atoms with van der Waals surface area (Å²) >= 11 is 0. The van der Waals surface area contributed by atoms with Gasteiger partial charge in [0.1, 0.15) is 12.4 Å². The van der Waals surface area contributed by atoms with Gasteiger partial charge in [0.05, 0.1) is 11.0 Å². The first-order valence-electron chi connectivity index (χ1n) is 12.7. The van der Waals surface area contributed by atoms with Crippen LogP contribution in [0.15, 0.2) is 47.4 Å². The summed E-state index contributed by atoms with van der Waals surface area (Å²) in [7, 11) is -3.66. The van der Waals surface area contributed by atoms with Crippen molar-refractivity contribution in [3.8, 4) is 5.75 Å². The lowest BCUT2D eigenvalue weighted by molar-refractivity contribution is -0.142. The second kappa shape index (κ2) is 16.4. The number of phenolic OH excluding ortho intramolecular Hbond substituents is 1. The van der Waals surface area contributed by atoms with Crippen molar-refractivity contribution in [2.75, 3.05) is 26.3 Å². The Morgan fingerprint density at radius 3 is 2.49 bits per heavy atom. The fourth-order valence-electron chi connectivity index (χ4n) is 3.79. The van der Waals surface area contributed by atoms with Crippen molar-refractivity contribution in [1.82, 2.24) is 5.32 Å². The van der Waals surface area contributed by atoms with Crippen molar-refractivity contribution in [3.05, 3.63) is 59.2 Å². The van der Waals surface area contributed by atoms with E-state index in [-0.39, 0.29) is 17.3 Å². The number of aryl methyl sites for hydroxylation is 1. The summed E-state index contributed by atoms with van der Waals surface area (Å²) in [6.45, 7) is 3.88. The van der Waals surface area contributed by atoms with Crippen molar-refractivity contribution in [2.45, 2.75) is 69.5 Å². The highest BCUT2D eigenvalue weighted by molar-refractivity contribution is 7.89. The van der Waals surface area contributed by atoms with Crippen LogP contribution in [0.5, 0.6) is 5.75 Å². The van der Waals surface area contributed by atoms with Gasteiger partial charge in [0.2, 0.25) is 10.0 Å². The molecule has 0 aliphatic carbocycles. The SMILES string of the molecule is CC(=O)OCc1cc(C(O)CNCCCCCCOCCCCc2cccc(S(N)(=O)=O)c2)ccc1O. The number of carbonyl (C=O) groups excluding carboxylic acids is 1. The number of aliphatic hydroxyl groups excluding tert-OH is 1. The number of nitrogens with two attached hydrogens (primary N) is 1. The molecule has 0 spiro atoms. The van der Waals surface area contributed by atoms with E-state index in [0.29, 0.717) is 24.3 Å². The molecule has 1 unspecified atom stereocenters. The molecule has 0 saturated heterocycles. The van der Waals surface area contributed by atoms with Gasteiger partial charge in [-0.25, -0.2) is 13.6 Å². The Morgan fingerprint density at radius 1 is 1.03 bits per heavy atom. The van der Waals surface area contributed by atoms with Crippen LogP contribution in [0, 0.1) is 0 Å². The monoisotopic (exact) mass is 536 g/mol. The molecule has 0 heterocycles. The smallest absolute Gasteiger partial charge is 0.302 e. The Morgan fingerprint density at radius 2 is 1.76 bits per heavy atom. The number of hydrogen-bond acceptors (Lipinski definition) is 8. The van der Waals surface area contributed by atoms with E-state index in [1.165, 1.54) is 19.1 Å². The zero-order valence-electron chi connectivity index (χ0n) is 21.5. The molecule has 2 aromatic rings. The Bertz CT molecular complexity index is 1080. The summed E-state index contributed by atoms with van der Waals surface area (Å²) in [6, 6.07) is 11.6. The number of aromatic hydroxyl groups is 1. The number of rotatable bonds is 18. The number of phenols is 1. The molecule has 2 rings (SSSR count). The van der Waals surface area contributed by atoms with Gasteiger partial charge < -0.3 is 25.0 Å². The number of nitrogens with one attached hydrogen (secondary N) is 1. The van der Waals surface area contributed by atoms with Gasteiger partial charge >= 0.3 is 5.97 Å². The molecule has 0 amide bonds. The van der Waals surface area contributed by atoms with Crippen LogP contribution in [-0.4, -0.2) is 50.9 Å². The third kappa shape index (κ3) is 12.5. The van der Waals surface area contributed by atoms with Crippen molar-refractivity contribution < 1.29 is 32.9 Å². The highest BCUT2D eigenvalue weighted by atomic mass is 32.2. The predicted molar refractivity (Wildman–Crippen MR) is 141 cm³/mol. The number of primary sulfonamides is 1. The molecule has 206 valence electrons. The zero-order chi connectivity index (χ0) is 27.1. The van der Waals surface area contributed by atoms with Gasteiger partial charge in [-0.1, -0.05) is 31.0 Å². The molecule has 0 radical (unpaired) electrons. The van der Waals surface area contributed by atoms with Crippen LogP contribution in [0.2, 0.25) is 0 Å². The van der Waals surface area contributed by atoms with Crippen molar-refractivity contribution in [1.29, 1.82) is 0 Å². The number of unbranched alkanes of at least 4 members (excludes halogenated alkanes) is 4. The second-order valence-corrected chi connectivity index (χ2v) is 10.6. The standard InChI is InChI=1S/C27H40N2O7S/c1-21(30)36-20-24-18-23(12-13-26(24)31)27(32)19-29-14-5-2-3-6-15-35-16-7-4-9-22-10-8-11-25(17-22)37(28,33)34/h8,10-13,17-18,27,29,31-32H,2-7,9,14-16,19-20H2,1H3,(H2,28,33,34). The lowest BCUT2D eigenvalue weighted by Crippen LogP contribution is -2.22. The van der Waals surface area contributed by atoms with E-state index in [0.717, 1.165) is 63.7 Å². The molecule has 0 fully saturated rings. The van der Waals surface area contributed by atoms with E-state index in [1.807, 2.05) is 6.07 Å². The first-order valence-corrected chi connectivity index (χ1v) is 14.2. The molecule has 0 aliphatic heterocycles. The van der Waals surface area contributed by atoms with Crippen molar-refractivity contribution in [3.63, 3.8) is 0 Å². The van der Waals surface area contributed by atoms with Crippen LogP contribution in [0.3, 0.4) is 0 Å². The number of hydrogen-bond donors (Lipinski definition) is 4. The Hall–Kier alpha value is -2.50. The minimum atomic E-state index is -3.66. The summed E-state index contributed by atoms with van der Waals surface area (Å²) in [5.74, 6) is -0.399. The third-order valence-corrected chi connectivity index (χ3v) is 6.79. The van der Waals surface area contributed by atoms with Gasteiger partial charge in [-0.2, -0.15) is 0 Å². The number of ether oxygens (including phenoxy) is 2. The fraction of sp³-hybridized carbons (Fsp3) is 0.519. The predicted octanol–water partition coefficient (Wildman–Crippen LogP) is 3.33. The maximum Gasteiger partial charge on any atom is 0.302 e. The summed E-state index contributed by atoms with van der Waals surface area (Å²) in [4.78, 5) is 11.1. The van der Waals surface area contributed by atoms with E-state index in [4.69, 9.17) is 14.6 Å². The van der Waals surface area contributed by atoms with Gasteiger partial charge in [-0.15, -0.1) is 0 Å². The van der Waals surface area contributed by atoms with Gasteiger partial charge in [0, 0.05) is 32.2 Å². The highest BCUT2D eigenvalue weighted by Gasteiger charge is 2.11. The molecule has 0 aliphatic rings. The van der Waals surface area contributed by atoms with E-state index in [9.17, 15) is 23.4 Å². The summed E-state index contributed by atoms with van der Waals surface area (Å²) < 4.78 is 33.5. The van der Waals surface area contributed by atoms with Gasteiger partial charge in [0.25, 0.3) is 0 Å². The molecule has 9 nitrogen and oxygen atoms in total. The number of sulfonamides is 1. The van der Waals surface area contributed by atoms with Crippen LogP contribution in [0.25, 0.3) is 0 Å². The molecule has 0 saturated carbocycles. The molecule has 37 heavy (non-hydrogen) atoms. The van der Waals surface area contributed by atoms with Gasteiger partial charge in [-0.3, -0.25) is 4.79 Å². The van der Waals surface area contributed by atoms with Crippen molar-refractivity contribution >= 4 is 16.0 Å². The maximum absolute atomic E-state index is 11.4. The van der Waals surface area contributed by atoms with Gasteiger partial charge in [-0.05, 0) is 74.0 Å². The Labute approximate surface area is 220 Å². The zero-order valence-corrected chi connectivity index (χ0v) is 22.3. The molecule has 0 bridgehead atoms. The summed E-state index contributed by atoms with van der Waals surface area (Å²) in [5.41, 5.74) is 2.07.